The van der Waals surface area contributed by atoms with E-state index in [9.17, 15) is 22.0 Å². The lowest BCUT2D eigenvalue weighted by Gasteiger charge is -2.28. The third-order valence-corrected chi connectivity index (χ3v) is 5.52. The number of halogens is 2. The summed E-state index contributed by atoms with van der Waals surface area (Å²) >= 11 is 0. The molecule has 1 atom stereocenters. The molecule has 0 radical (unpaired) electrons. The zero-order valence-corrected chi connectivity index (χ0v) is 13.2. The van der Waals surface area contributed by atoms with Crippen LogP contribution < -0.4 is 0 Å². The van der Waals surface area contributed by atoms with Gasteiger partial charge in [-0.1, -0.05) is 13.3 Å². The van der Waals surface area contributed by atoms with Gasteiger partial charge in [0.25, 0.3) is 5.91 Å². The SMILES string of the molecule is CCCCN(C(=O)c1cc(F)cc(F)c1)C1CCS(=O)(=O)C1. The predicted molar refractivity (Wildman–Crippen MR) is 79.4 cm³/mol. The minimum Gasteiger partial charge on any atom is -0.335 e. The lowest BCUT2D eigenvalue weighted by atomic mass is 10.1. The summed E-state index contributed by atoms with van der Waals surface area (Å²) in [6, 6.07) is 2.24. The first-order valence-electron chi connectivity index (χ1n) is 7.30. The Kier molecular flexibility index (Phi) is 5.16. The number of nitrogens with zero attached hydrogens (tertiary/aromatic N) is 1. The lowest BCUT2D eigenvalue weighted by molar-refractivity contribution is 0.0693. The number of benzene rings is 1. The van der Waals surface area contributed by atoms with E-state index in [1.165, 1.54) is 4.90 Å². The third kappa shape index (κ3) is 4.03. The van der Waals surface area contributed by atoms with Crippen LogP contribution in [0.3, 0.4) is 0 Å². The number of carbonyl (C=O) groups is 1. The molecule has 122 valence electrons. The Hall–Kier alpha value is -1.50. The number of amides is 1. The van der Waals surface area contributed by atoms with Gasteiger partial charge in [-0.05, 0) is 25.0 Å². The normalized spacial score (nSPS) is 20.0. The zero-order chi connectivity index (χ0) is 16.3. The molecule has 0 bridgehead atoms. The van der Waals surface area contributed by atoms with E-state index in [1.54, 1.807) is 0 Å². The number of unbranched alkanes of at least 4 members (excludes halogenated alkanes) is 1. The quantitative estimate of drug-likeness (QED) is 0.832. The molecule has 1 aliphatic heterocycles. The fraction of sp³-hybridized carbons (Fsp3) is 0.533. The van der Waals surface area contributed by atoms with Gasteiger partial charge in [0.15, 0.2) is 9.84 Å². The van der Waals surface area contributed by atoms with Gasteiger partial charge in [0.1, 0.15) is 11.6 Å². The van der Waals surface area contributed by atoms with Gasteiger partial charge in [-0.2, -0.15) is 0 Å². The first-order valence-corrected chi connectivity index (χ1v) is 9.12. The Morgan fingerprint density at radius 3 is 2.41 bits per heavy atom. The first-order chi connectivity index (χ1) is 10.3. The van der Waals surface area contributed by atoms with Crippen molar-refractivity contribution in [1.82, 2.24) is 4.90 Å². The highest BCUT2D eigenvalue weighted by molar-refractivity contribution is 7.91. The molecule has 1 fully saturated rings. The van der Waals surface area contributed by atoms with Crippen molar-refractivity contribution in [1.29, 1.82) is 0 Å². The second-order valence-corrected chi connectivity index (χ2v) is 7.80. The van der Waals surface area contributed by atoms with Gasteiger partial charge in [0, 0.05) is 24.2 Å². The van der Waals surface area contributed by atoms with Crippen LogP contribution >= 0.6 is 0 Å². The molecule has 1 aliphatic rings. The van der Waals surface area contributed by atoms with E-state index < -0.39 is 33.4 Å². The van der Waals surface area contributed by atoms with Gasteiger partial charge in [-0.3, -0.25) is 4.79 Å². The largest absolute Gasteiger partial charge is 0.335 e. The van der Waals surface area contributed by atoms with Gasteiger partial charge >= 0.3 is 0 Å². The molecule has 1 amide bonds. The molecule has 0 aromatic heterocycles. The molecule has 1 unspecified atom stereocenters. The van der Waals surface area contributed by atoms with Crippen LogP contribution in [0.4, 0.5) is 8.78 Å². The molecule has 0 aliphatic carbocycles. The smallest absolute Gasteiger partial charge is 0.254 e. The Morgan fingerprint density at radius 2 is 1.91 bits per heavy atom. The Balaban J connectivity index is 2.26. The van der Waals surface area contributed by atoms with Gasteiger partial charge in [0.05, 0.1) is 11.5 Å². The fourth-order valence-electron chi connectivity index (χ4n) is 2.64. The Labute approximate surface area is 129 Å². The van der Waals surface area contributed by atoms with Gasteiger partial charge in [0.2, 0.25) is 0 Å². The number of hydrogen-bond donors (Lipinski definition) is 0. The minimum absolute atomic E-state index is 0.0467. The van der Waals surface area contributed by atoms with Crippen molar-refractivity contribution in [2.24, 2.45) is 0 Å². The molecule has 22 heavy (non-hydrogen) atoms. The summed E-state index contributed by atoms with van der Waals surface area (Å²) in [7, 11) is -3.14. The number of rotatable bonds is 5. The maximum Gasteiger partial charge on any atom is 0.254 e. The topological polar surface area (TPSA) is 54.5 Å². The van der Waals surface area contributed by atoms with E-state index in [0.717, 1.165) is 18.6 Å². The number of carbonyl (C=O) groups excluding carboxylic acids is 1. The van der Waals surface area contributed by atoms with E-state index in [2.05, 4.69) is 0 Å². The van der Waals surface area contributed by atoms with E-state index in [4.69, 9.17) is 0 Å². The monoisotopic (exact) mass is 331 g/mol. The van der Waals surface area contributed by atoms with Gasteiger partial charge in [-0.15, -0.1) is 0 Å². The van der Waals surface area contributed by atoms with Crippen LogP contribution in [0.1, 0.15) is 36.5 Å². The average Bonchev–Trinajstić information content (AvgIpc) is 2.78. The highest BCUT2D eigenvalue weighted by Crippen LogP contribution is 2.21. The Morgan fingerprint density at radius 1 is 1.27 bits per heavy atom. The summed E-state index contributed by atoms with van der Waals surface area (Å²) in [5.74, 6) is -2.20. The average molecular weight is 331 g/mol. The van der Waals surface area contributed by atoms with Crippen molar-refractivity contribution in [3.63, 3.8) is 0 Å². The molecule has 1 aromatic carbocycles. The van der Waals surface area contributed by atoms with E-state index in [0.29, 0.717) is 25.5 Å². The van der Waals surface area contributed by atoms with Crippen molar-refractivity contribution in [3.05, 3.63) is 35.4 Å². The fourth-order valence-corrected chi connectivity index (χ4v) is 4.37. The lowest BCUT2D eigenvalue weighted by Crippen LogP contribution is -2.41. The van der Waals surface area contributed by atoms with Crippen molar-refractivity contribution >= 4 is 15.7 Å². The van der Waals surface area contributed by atoms with Crippen molar-refractivity contribution in [2.75, 3.05) is 18.1 Å². The van der Waals surface area contributed by atoms with Crippen molar-refractivity contribution in [3.8, 4) is 0 Å². The standard InChI is InChI=1S/C15H19F2NO3S/c1-2-3-5-18(14-4-6-22(20,21)10-14)15(19)11-7-12(16)9-13(17)8-11/h7-9,14H,2-6,10H2,1H3. The minimum atomic E-state index is -3.14. The summed E-state index contributed by atoms with van der Waals surface area (Å²) in [6.07, 6.45) is 1.91. The summed E-state index contributed by atoms with van der Waals surface area (Å²) < 4.78 is 49.9. The van der Waals surface area contributed by atoms with E-state index in [-0.39, 0.29) is 17.1 Å². The van der Waals surface area contributed by atoms with Crippen molar-refractivity contribution in [2.45, 2.75) is 32.2 Å². The summed E-state index contributed by atoms with van der Waals surface area (Å²) in [6.45, 7) is 2.34. The predicted octanol–water partition coefficient (Wildman–Crippen LogP) is 2.39. The highest BCUT2D eigenvalue weighted by Gasteiger charge is 2.34. The van der Waals surface area contributed by atoms with Crippen LogP contribution in [0.2, 0.25) is 0 Å². The molecule has 0 spiro atoms. The molecular formula is C15H19F2NO3S. The molecular weight excluding hydrogens is 312 g/mol. The van der Waals surface area contributed by atoms with Crippen LogP contribution in [-0.2, 0) is 9.84 Å². The van der Waals surface area contributed by atoms with Gasteiger partial charge < -0.3 is 4.90 Å². The third-order valence-electron chi connectivity index (χ3n) is 3.77. The number of hydrogen-bond acceptors (Lipinski definition) is 3. The molecule has 1 saturated heterocycles. The van der Waals surface area contributed by atoms with Crippen molar-refractivity contribution < 1.29 is 22.0 Å². The molecule has 2 rings (SSSR count). The van der Waals surface area contributed by atoms with E-state index >= 15 is 0 Å². The zero-order valence-electron chi connectivity index (χ0n) is 12.4. The first kappa shape index (κ1) is 16.9. The molecule has 1 heterocycles. The number of sulfone groups is 1. The summed E-state index contributed by atoms with van der Waals surface area (Å²) in [5, 5.41) is 0. The second kappa shape index (κ2) is 6.73. The summed E-state index contributed by atoms with van der Waals surface area (Å²) in [4.78, 5) is 14.0. The van der Waals surface area contributed by atoms with Crippen LogP contribution in [0.5, 0.6) is 0 Å². The van der Waals surface area contributed by atoms with Crippen LogP contribution in [0.15, 0.2) is 18.2 Å². The van der Waals surface area contributed by atoms with Gasteiger partial charge in [-0.25, -0.2) is 17.2 Å². The second-order valence-electron chi connectivity index (χ2n) is 5.57. The molecule has 4 nitrogen and oxygen atoms in total. The van der Waals surface area contributed by atoms with Crippen LogP contribution in [0.25, 0.3) is 0 Å². The summed E-state index contributed by atoms with van der Waals surface area (Å²) in [5.41, 5.74) is -0.0853. The molecule has 1 aromatic rings. The maximum atomic E-state index is 13.3. The van der Waals surface area contributed by atoms with Crippen LogP contribution in [-0.4, -0.2) is 43.3 Å². The van der Waals surface area contributed by atoms with E-state index in [1.807, 2.05) is 6.92 Å². The molecule has 0 saturated carbocycles. The van der Waals surface area contributed by atoms with Crippen LogP contribution in [0, 0.1) is 11.6 Å². The Bertz CT molecular complexity index is 641. The maximum absolute atomic E-state index is 13.3. The highest BCUT2D eigenvalue weighted by atomic mass is 32.2. The molecule has 7 heteroatoms. The molecule has 0 N–H and O–H groups in total.